The molecule has 0 radical (unpaired) electrons. The molecule has 0 bridgehead atoms. The molecule has 0 spiro atoms. The molecule has 1 unspecified atom stereocenters. The van der Waals surface area contributed by atoms with Gasteiger partial charge in [-0.05, 0) is 35.4 Å². The lowest BCUT2D eigenvalue weighted by atomic mass is 9.91. The Hall–Kier alpha value is -5.19. The van der Waals surface area contributed by atoms with E-state index in [0.717, 1.165) is 11.1 Å². The molecule has 234 valence electrons. The summed E-state index contributed by atoms with van der Waals surface area (Å²) in [7, 11) is 0. The number of nitrogens with two attached hydrogens (primary N) is 1. The van der Waals surface area contributed by atoms with Crippen LogP contribution in [-0.2, 0) is 9.53 Å². The van der Waals surface area contributed by atoms with E-state index in [1.807, 2.05) is 36.4 Å². The number of carbonyl (C=O) groups excluding carboxylic acids is 1. The highest BCUT2D eigenvalue weighted by molar-refractivity contribution is 5.85. The third-order valence-electron chi connectivity index (χ3n) is 7.64. The summed E-state index contributed by atoms with van der Waals surface area (Å²) >= 11 is 0. The zero-order valence-electron chi connectivity index (χ0n) is 24.6. The molecular formula is C29H34N12O4. The molecule has 3 aromatic heterocycles. The van der Waals surface area contributed by atoms with E-state index in [2.05, 4.69) is 65.7 Å². The molecule has 45 heavy (non-hydrogen) atoms. The first-order valence-corrected chi connectivity index (χ1v) is 14.5. The summed E-state index contributed by atoms with van der Waals surface area (Å²) in [5.41, 5.74) is 8.81. The second kappa shape index (κ2) is 12.8. The Bertz CT molecular complexity index is 1710. The highest BCUT2D eigenvalue weighted by atomic mass is 16.6. The van der Waals surface area contributed by atoms with Crippen molar-refractivity contribution in [2.24, 2.45) is 0 Å². The van der Waals surface area contributed by atoms with Crippen molar-refractivity contribution < 1.29 is 19.7 Å². The van der Waals surface area contributed by atoms with Gasteiger partial charge in [0.25, 0.3) is 5.91 Å². The lowest BCUT2D eigenvalue weighted by Crippen LogP contribution is -2.42. The third kappa shape index (κ3) is 5.98. The number of hydrogen-bond donors (Lipinski definition) is 6. The van der Waals surface area contributed by atoms with Crippen LogP contribution in [0.4, 0.5) is 17.7 Å². The van der Waals surface area contributed by atoms with E-state index in [1.54, 1.807) is 13.8 Å². The number of likely N-dealkylation sites (N-methyl/N-ethyl adjacent to an activating group) is 1. The fourth-order valence-corrected chi connectivity index (χ4v) is 5.39. The van der Waals surface area contributed by atoms with Gasteiger partial charge in [0.2, 0.25) is 11.9 Å². The minimum absolute atomic E-state index is 0.0242. The van der Waals surface area contributed by atoms with Gasteiger partial charge in [0, 0.05) is 19.0 Å². The average Bonchev–Trinajstić information content (AvgIpc) is 3.75. The zero-order chi connectivity index (χ0) is 31.5. The first-order valence-electron chi connectivity index (χ1n) is 14.5. The van der Waals surface area contributed by atoms with Crippen LogP contribution in [0.15, 0.2) is 67.0 Å². The molecule has 1 fully saturated rings. The number of aliphatic hydroxyl groups is 2. The molecule has 1 amide bonds. The predicted octanol–water partition coefficient (Wildman–Crippen LogP) is 1.02. The fourth-order valence-electron chi connectivity index (χ4n) is 5.39. The van der Waals surface area contributed by atoms with Crippen LogP contribution in [0, 0.1) is 0 Å². The number of aliphatic hydroxyl groups excluding tert-OH is 2. The number of aromatic nitrogens is 8. The van der Waals surface area contributed by atoms with Gasteiger partial charge in [-0.15, -0.1) is 0 Å². The molecule has 6 rings (SSSR count). The van der Waals surface area contributed by atoms with Crippen LogP contribution in [0.5, 0.6) is 0 Å². The Morgan fingerprint density at radius 1 is 1.04 bits per heavy atom. The minimum Gasteiger partial charge on any atom is -0.387 e. The van der Waals surface area contributed by atoms with Gasteiger partial charge in [0.15, 0.2) is 29.3 Å². The van der Waals surface area contributed by atoms with E-state index in [4.69, 9.17) is 15.5 Å². The van der Waals surface area contributed by atoms with Gasteiger partial charge in [-0.3, -0.25) is 9.36 Å². The van der Waals surface area contributed by atoms with Crippen LogP contribution in [0.25, 0.3) is 11.2 Å². The zero-order valence-corrected chi connectivity index (χ0v) is 24.6. The molecule has 16 nitrogen and oxygen atoms in total. The standard InChI is InChI=1S/C29H34N12O4/c1-3-31-26(44)23-21(42)22(43)27(45-23)40-15-33-20-24(35-29(36-25(20)40)34-16(2)41-28(30)37-38-39-41)32-14-19(17-10-6-4-7-11-17)18-12-8-5-9-13-18/h4-13,15-16,19,21-23,27,42-43H,3,14H2,1-2H3,(H,31,44)(H2,30,37,39)(H2,32,34,35,36)/t16?,21-,22+,23-,27+/m0/s1. The van der Waals surface area contributed by atoms with E-state index >= 15 is 0 Å². The summed E-state index contributed by atoms with van der Waals surface area (Å²) < 4.78 is 8.71. The number of nitrogens with one attached hydrogen (secondary N) is 3. The number of hydrogen-bond acceptors (Lipinski definition) is 13. The summed E-state index contributed by atoms with van der Waals surface area (Å²) in [4.78, 5) is 26.5. The third-order valence-corrected chi connectivity index (χ3v) is 7.64. The molecule has 16 heteroatoms. The predicted molar refractivity (Wildman–Crippen MR) is 164 cm³/mol. The van der Waals surface area contributed by atoms with Gasteiger partial charge in [-0.1, -0.05) is 65.8 Å². The molecule has 0 aliphatic carbocycles. The minimum atomic E-state index is -1.46. The van der Waals surface area contributed by atoms with Crippen molar-refractivity contribution in [3.8, 4) is 0 Å². The van der Waals surface area contributed by atoms with E-state index in [0.29, 0.717) is 24.4 Å². The molecule has 0 saturated carbocycles. The number of ether oxygens (including phenoxy) is 1. The van der Waals surface area contributed by atoms with Gasteiger partial charge < -0.3 is 36.6 Å². The molecule has 2 aromatic carbocycles. The average molecular weight is 615 g/mol. The monoisotopic (exact) mass is 614 g/mol. The van der Waals surface area contributed by atoms with Crippen molar-refractivity contribution in [1.29, 1.82) is 0 Å². The smallest absolute Gasteiger partial charge is 0.252 e. The van der Waals surface area contributed by atoms with Gasteiger partial charge in [0.05, 0.1) is 6.33 Å². The topological polar surface area (TPSA) is 216 Å². The summed E-state index contributed by atoms with van der Waals surface area (Å²) in [6.45, 7) is 4.33. The molecule has 7 N–H and O–H groups in total. The largest absolute Gasteiger partial charge is 0.387 e. The number of benzene rings is 2. The van der Waals surface area contributed by atoms with E-state index in [1.165, 1.54) is 15.6 Å². The molecule has 1 aliphatic heterocycles. The molecule has 5 aromatic rings. The van der Waals surface area contributed by atoms with Crippen molar-refractivity contribution >= 4 is 34.8 Å². The van der Waals surface area contributed by atoms with Crippen LogP contribution in [0.1, 0.15) is 43.3 Å². The maximum atomic E-state index is 12.5. The number of rotatable bonds is 11. The van der Waals surface area contributed by atoms with Gasteiger partial charge in [-0.25, -0.2) is 4.98 Å². The number of amides is 1. The Morgan fingerprint density at radius 3 is 2.36 bits per heavy atom. The summed E-state index contributed by atoms with van der Waals surface area (Å²) in [6.07, 6.45) is -4.43. The Labute approximate surface area is 257 Å². The van der Waals surface area contributed by atoms with Crippen molar-refractivity contribution in [1.82, 2.24) is 45.0 Å². The maximum Gasteiger partial charge on any atom is 0.252 e. The van der Waals surface area contributed by atoms with Crippen LogP contribution >= 0.6 is 0 Å². The highest BCUT2D eigenvalue weighted by Gasteiger charge is 2.47. The Morgan fingerprint density at radius 2 is 1.73 bits per heavy atom. The normalized spacial score (nSPS) is 20.4. The van der Waals surface area contributed by atoms with Crippen LogP contribution < -0.4 is 21.7 Å². The summed E-state index contributed by atoms with van der Waals surface area (Å²) in [5.74, 6) is 0.127. The molecule has 5 atom stereocenters. The fraction of sp³-hybridized carbons (Fsp3) is 0.345. The molecule has 1 aliphatic rings. The summed E-state index contributed by atoms with van der Waals surface area (Å²) in [5, 5.41) is 42.1. The van der Waals surface area contributed by atoms with Crippen LogP contribution in [0.3, 0.4) is 0 Å². The van der Waals surface area contributed by atoms with E-state index < -0.39 is 36.6 Å². The first-order chi connectivity index (χ1) is 21.9. The number of carbonyl (C=O) groups is 1. The van der Waals surface area contributed by atoms with Crippen LogP contribution in [0.2, 0.25) is 0 Å². The number of fused-ring (bicyclic) bond motifs is 1. The Balaban J connectivity index is 1.37. The molecular weight excluding hydrogens is 580 g/mol. The van der Waals surface area contributed by atoms with Crippen molar-refractivity contribution in [3.63, 3.8) is 0 Å². The Kier molecular flexibility index (Phi) is 8.50. The van der Waals surface area contributed by atoms with Crippen molar-refractivity contribution in [2.45, 2.75) is 50.5 Å². The van der Waals surface area contributed by atoms with Gasteiger partial charge in [-0.2, -0.15) is 14.6 Å². The number of tetrazole rings is 1. The second-order valence-electron chi connectivity index (χ2n) is 10.6. The van der Waals surface area contributed by atoms with Gasteiger partial charge >= 0.3 is 0 Å². The van der Waals surface area contributed by atoms with E-state index in [9.17, 15) is 15.0 Å². The van der Waals surface area contributed by atoms with Gasteiger partial charge in [0.1, 0.15) is 18.4 Å². The lowest BCUT2D eigenvalue weighted by molar-refractivity contribution is -0.137. The SMILES string of the molecule is CCNC(=O)[C@H]1O[C@@H](n2cnc3c(NCC(c4ccccc4)c4ccccc4)nc(NC(C)n4nnnc4N)nc32)[C@H](O)[C@@H]1O. The second-order valence-corrected chi connectivity index (χ2v) is 10.6. The number of imidazole rings is 1. The maximum absolute atomic E-state index is 12.5. The number of anilines is 3. The van der Waals surface area contributed by atoms with Crippen LogP contribution in [-0.4, -0.2) is 87.2 Å². The molecule has 1 saturated heterocycles. The lowest BCUT2D eigenvalue weighted by Gasteiger charge is -2.21. The highest BCUT2D eigenvalue weighted by Crippen LogP contribution is 2.34. The van der Waals surface area contributed by atoms with Crippen molar-refractivity contribution in [2.75, 3.05) is 29.5 Å². The molecule has 4 heterocycles. The van der Waals surface area contributed by atoms with E-state index in [-0.39, 0.29) is 23.5 Å². The number of nitrogen functional groups attached to an aromatic ring is 1. The van der Waals surface area contributed by atoms with Crippen molar-refractivity contribution in [3.05, 3.63) is 78.1 Å². The quantitative estimate of drug-likeness (QED) is 0.123. The first kappa shape index (κ1) is 29.9. The summed E-state index contributed by atoms with van der Waals surface area (Å²) in [6, 6.07) is 20.2. The number of nitrogens with zero attached hydrogens (tertiary/aromatic N) is 8.